The number of hydrogen-bond acceptors (Lipinski definition) is 5. The molecule has 6 nitrogen and oxygen atoms in total. The van der Waals surface area contributed by atoms with Crippen molar-refractivity contribution < 1.29 is 23.1 Å². The van der Waals surface area contributed by atoms with E-state index in [9.17, 15) is 13.2 Å². The summed E-state index contributed by atoms with van der Waals surface area (Å²) in [6.07, 6.45) is 1.97. The molecule has 0 radical (unpaired) electrons. The van der Waals surface area contributed by atoms with Gasteiger partial charge in [0.1, 0.15) is 5.75 Å². The molecule has 0 spiro atoms. The van der Waals surface area contributed by atoms with E-state index in [4.69, 9.17) is 9.84 Å². The zero-order valence-corrected chi connectivity index (χ0v) is 13.5. The smallest absolute Gasteiger partial charge is 0.341 e. The first-order valence-corrected chi connectivity index (χ1v) is 9.16. The lowest BCUT2D eigenvalue weighted by atomic mass is 10.2. The average molecular weight is 333 g/mol. The Bertz CT molecular complexity index is 556. The first kappa shape index (κ1) is 17.8. The molecule has 0 fully saturated rings. The van der Waals surface area contributed by atoms with Crippen molar-refractivity contribution in [1.82, 2.24) is 4.72 Å². The van der Waals surface area contributed by atoms with Gasteiger partial charge in [0, 0.05) is 6.54 Å². The van der Waals surface area contributed by atoms with Gasteiger partial charge in [-0.15, -0.1) is 0 Å². The molecule has 0 saturated heterocycles. The van der Waals surface area contributed by atoms with E-state index in [1.54, 1.807) is 11.8 Å². The molecule has 0 aliphatic rings. The van der Waals surface area contributed by atoms with Crippen molar-refractivity contribution in [2.24, 2.45) is 5.92 Å². The summed E-state index contributed by atoms with van der Waals surface area (Å²) >= 11 is 1.67. The summed E-state index contributed by atoms with van der Waals surface area (Å²) in [4.78, 5) is 10.5. The molecule has 0 saturated carbocycles. The molecule has 21 heavy (non-hydrogen) atoms. The van der Waals surface area contributed by atoms with Crippen LogP contribution in [0.15, 0.2) is 29.2 Å². The van der Waals surface area contributed by atoms with Gasteiger partial charge in [0.15, 0.2) is 6.61 Å². The zero-order valence-electron chi connectivity index (χ0n) is 11.9. The third kappa shape index (κ3) is 6.36. The first-order chi connectivity index (χ1) is 9.85. The largest absolute Gasteiger partial charge is 0.482 e. The number of ether oxygens (including phenoxy) is 1. The number of aliphatic carboxylic acids is 1. The van der Waals surface area contributed by atoms with Crippen LogP contribution in [0, 0.1) is 5.92 Å². The molecule has 0 bridgehead atoms. The summed E-state index contributed by atoms with van der Waals surface area (Å²) in [6.45, 7) is 1.89. The average Bonchev–Trinajstić information content (AvgIpc) is 2.44. The number of sulfonamides is 1. The molecular formula is C13H19NO5S2. The van der Waals surface area contributed by atoms with Gasteiger partial charge in [-0.3, -0.25) is 0 Å². The monoisotopic (exact) mass is 333 g/mol. The molecule has 0 aliphatic heterocycles. The van der Waals surface area contributed by atoms with Gasteiger partial charge in [0.05, 0.1) is 4.90 Å². The van der Waals surface area contributed by atoms with E-state index >= 15 is 0 Å². The van der Waals surface area contributed by atoms with Gasteiger partial charge in [-0.2, -0.15) is 11.8 Å². The lowest BCUT2D eigenvalue weighted by Gasteiger charge is -2.12. The Kier molecular flexibility index (Phi) is 7.00. The van der Waals surface area contributed by atoms with Gasteiger partial charge in [0.25, 0.3) is 0 Å². The van der Waals surface area contributed by atoms with E-state index in [1.165, 1.54) is 24.3 Å². The van der Waals surface area contributed by atoms with Crippen LogP contribution in [-0.4, -0.2) is 44.7 Å². The summed E-state index contributed by atoms with van der Waals surface area (Å²) in [5, 5.41) is 8.49. The third-order valence-electron chi connectivity index (χ3n) is 2.57. The second kappa shape index (κ2) is 8.26. The van der Waals surface area contributed by atoms with Crippen LogP contribution in [0.5, 0.6) is 5.75 Å². The van der Waals surface area contributed by atoms with Crippen molar-refractivity contribution in [3.63, 3.8) is 0 Å². The molecule has 1 rings (SSSR count). The SMILES string of the molecule is CSCC(C)CNS(=O)(=O)c1ccc(OCC(=O)O)cc1. The van der Waals surface area contributed by atoms with Crippen molar-refractivity contribution in [2.45, 2.75) is 11.8 Å². The number of carbonyl (C=O) groups is 1. The van der Waals surface area contributed by atoms with Crippen LogP contribution < -0.4 is 9.46 Å². The highest BCUT2D eigenvalue weighted by Crippen LogP contribution is 2.16. The molecule has 1 aromatic carbocycles. The van der Waals surface area contributed by atoms with Crippen LogP contribution in [0.25, 0.3) is 0 Å². The highest BCUT2D eigenvalue weighted by Gasteiger charge is 2.15. The van der Waals surface area contributed by atoms with E-state index in [0.29, 0.717) is 12.3 Å². The lowest BCUT2D eigenvalue weighted by molar-refractivity contribution is -0.139. The Hall–Kier alpha value is -1.25. The maximum Gasteiger partial charge on any atom is 0.341 e. The third-order valence-corrected chi connectivity index (χ3v) is 4.91. The maximum absolute atomic E-state index is 12.1. The molecular weight excluding hydrogens is 314 g/mol. The quantitative estimate of drug-likeness (QED) is 0.710. The molecule has 0 heterocycles. The fourth-order valence-corrected chi connectivity index (χ4v) is 3.39. The van der Waals surface area contributed by atoms with Crippen molar-refractivity contribution in [3.05, 3.63) is 24.3 Å². The normalized spacial score (nSPS) is 12.9. The highest BCUT2D eigenvalue weighted by molar-refractivity contribution is 7.98. The number of carboxylic acids is 1. The van der Waals surface area contributed by atoms with Gasteiger partial charge in [-0.25, -0.2) is 17.9 Å². The van der Waals surface area contributed by atoms with E-state index < -0.39 is 22.6 Å². The number of benzene rings is 1. The summed E-state index contributed by atoms with van der Waals surface area (Å²) in [7, 11) is -3.55. The number of carboxylic acid groups (broad SMARTS) is 1. The highest BCUT2D eigenvalue weighted by atomic mass is 32.2. The van der Waals surface area contributed by atoms with Crippen LogP contribution in [0.4, 0.5) is 0 Å². The van der Waals surface area contributed by atoms with E-state index in [-0.39, 0.29) is 10.8 Å². The van der Waals surface area contributed by atoms with Crippen LogP contribution in [0.2, 0.25) is 0 Å². The summed E-state index contributed by atoms with van der Waals surface area (Å²) < 4.78 is 31.6. The molecule has 0 aromatic heterocycles. The van der Waals surface area contributed by atoms with Crippen molar-refractivity contribution in [2.75, 3.05) is 25.2 Å². The van der Waals surface area contributed by atoms with Crippen LogP contribution in [0.1, 0.15) is 6.92 Å². The van der Waals surface area contributed by atoms with Crippen LogP contribution >= 0.6 is 11.8 Å². The van der Waals surface area contributed by atoms with Crippen molar-refractivity contribution in [3.8, 4) is 5.75 Å². The Morgan fingerprint density at radius 3 is 2.52 bits per heavy atom. The molecule has 0 aliphatic carbocycles. The topological polar surface area (TPSA) is 92.7 Å². The fraction of sp³-hybridized carbons (Fsp3) is 0.462. The van der Waals surface area contributed by atoms with Crippen molar-refractivity contribution in [1.29, 1.82) is 0 Å². The molecule has 2 N–H and O–H groups in total. The fourth-order valence-electron chi connectivity index (χ4n) is 1.54. The van der Waals surface area contributed by atoms with Gasteiger partial charge in [-0.1, -0.05) is 6.92 Å². The number of nitrogens with one attached hydrogen (secondary N) is 1. The zero-order chi connectivity index (χ0) is 15.9. The van der Waals surface area contributed by atoms with E-state index in [2.05, 4.69) is 4.72 Å². The standard InChI is InChI=1S/C13H19NO5S2/c1-10(9-20-2)7-14-21(17,18)12-5-3-11(4-6-12)19-8-13(15)16/h3-6,10,14H,7-9H2,1-2H3,(H,15,16). The van der Waals surface area contributed by atoms with Gasteiger partial charge < -0.3 is 9.84 Å². The lowest BCUT2D eigenvalue weighted by Crippen LogP contribution is -2.29. The minimum atomic E-state index is -3.55. The summed E-state index contributed by atoms with van der Waals surface area (Å²) in [5.74, 6) is 0.348. The van der Waals surface area contributed by atoms with Gasteiger partial charge in [0.2, 0.25) is 10.0 Å². The Morgan fingerprint density at radius 2 is 2.00 bits per heavy atom. The number of hydrogen-bond donors (Lipinski definition) is 2. The van der Waals surface area contributed by atoms with Crippen LogP contribution in [-0.2, 0) is 14.8 Å². The number of thioether (sulfide) groups is 1. The summed E-state index contributed by atoms with van der Waals surface area (Å²) in [5.41, 5.74) is 0. The first-order valence-electron chi connectivity index (χ1n) is 6.28. The maximum atomic E-state index is 12.1. The molecule has 118 valence electrons. The summed E-state index contributed by atoms with van der Waals surface area (Å²) in [6, 6.07) is 5.64. The molecule has 0 amide bonds. The van der Waals surface area contributed by atoms with Crippen LogP contribution in [0.3, 0.4) is 0 Å². The van der Waals surface area contributed by atoms with E-state index in [1.807, 2.05) is 13.2 Å². The minimum Gasteiger partial charge on any atom is -0.482 e. The molecule has 1 unspecified atom stereocenters. The Morgan fingerprint density at radius 1 is 1.38 bits per heavy atom. The minimum absolute atomic E-state index is 0.126. The van der Waals surface area contributed by atoms with Gasteiger partial charge >= 0.3 is 5.97 Å². The Labute approximate surface area is 128 Å². The van der Waals surface area contributed by atoms with E-state index in [0.717, 1.165) is 5.75 Å². The predicted octanol–water partition coefficient (Wildman–Crippen LogP) is 1.43. The molecule has 1 atom stereocenters. The predicted molar refractivity (Wildman–Crippen MR) is 82.3 cm³/mol. The Balaban J connectivity index is 2.64. The molecule has 8 heteroatoms. The van der Waals surface area contributed by atoms with Crippen molar-refractivity contribution >= 4 is 27.8 Å². The second-order valence-electron chi connectivity index (χ2n) is 4.57. The molecule has 1 aromatic rings. The number of rotatable bonds is 9. The van der Waals surface area contributed by atoms with Gasteiger partial charge in [-0.05, 0) is 42.2 Å². The second-order valence-corrected chi connectivity index (χ2v) is 7.24.